The molecule has 0 aromatic heterocycles. The highest BCUT2D eigenvalue weighted by Gasteiger charge is 2.34. The number of amides is 2. The van der Waals surface area contributed by atoms with Crippen LogP contribution in [0.5, 0.6) is 0 Å². The second kappa shape index (κ2) is 16.9. The minimum atomic E-state index is -0.125. The van der Waals surface area contributed by atoms with Gasteiger partial charge in [0.2, 0.25) is 0 Å². The first-order valence-corrected chi connectivity index (χ1v) is 13.3. The van der Waals surface area contributed by atoms with E-state index in [1.165, 1.54) is 101 Å². The molecule has 1 heterocycles. The second-order valence-corrected chi connectivity index (χ2v) is 9.40. The predicted octanol–water partition coefficient (Wildman–Crippen LogP) is 7.30. The average Bonchev–Trinajstić information content (AvgIpc) is 3.05. The van der Waals surface area contributed by atoms with Crippen LogP contribution < -0.4 is 0 Å². The first kappa shape index (κ1) is 26.6. The van der Waals surface area contributed by atoms with Crippen LogP contribution in [-0.4, -0.2) is 35.0 Å². The Hall–Kier alpha value is -1.68. The van der Waals surface area contributed by atoms with Crippen molar-refractivity contribution in [2.45, 2.75) is 116 Å². The number of hydrogen-bond acceptors (Lipinski definition) is 3. The summed E-state index contributed by atoms with van der Waals surface area (Å²) in [6, 6.07) is 7.14. The van der Waals surface area contributed by atoms with Crippen molar-refractivity contribution < 1.29 is 14.7 Å². The van der Waals surface area contributed by atoms with Crippen molar-refractivity contribution in [3.8, 4) is 0 Å². The number of hydrogen-bond donors (Lipinski definition) is 1. The summed E-state index contributed by atoms with van der Waals surface area (Å²) >= 11 is 0. The fraction of sp³-hybridized carbons (Fsp3) is 0.714. The zero-order valence-corrected chi connectivity index (χ0v) is 20.2. The van der Waals surface area contributed by atoms with Crippen LogP contribution in [0.1, 0.15) is 136 Å². The number of benzene rings is 1. The van der Waals surface area contributed by atoms with Gasteiger partial charge >= 0.3 is 0 Å². The van der Waals surface area contributed by atoms with E-state index in [0.29, 0.717) is 24.3 Å². The van der Waals surface area contributed by atoms with E-state index in [2.05, 4.69) is 0 Å². The molecule has 32 heavy (non-hydrogen) atoms. The van der Waals surface area contributed by atoms with Crippen molar-refractivity contribution in [3.63, 3.8) is 0 Å². The average molecular weight is 444 g/mol. The lowest BCUT2D eigenvalue weighted by Crippen LogP contribution is -2.30. The van der Waals surface area contributed by atoms with Crippen LogP contribution in [0, 0.1) is 0 Å². The molecule has 180 valence electrons. The number of aliphatic hydroxyl groups is 1. The predicted molar refractivity (Wildman–Crippen MR) is 132 cm³/mol. The maximum atomic E-state index is 12.3. The van der Waals surface area contributed by atoms with Crippen molar-refractivity contribution >= 4 is 11.8 Å². The fourth-order valence-corrected chi connectivity index (χ4v) is 4.65. The van der Waals surface area contributed by atoms with Gasteiger partial charge in [-0.15, -0.1) is 0 Å². The zero-order valence-electron chi connectivity index (χ0n) is 20.2. The van der Waals surface area contributed by atoms with E-state index in [1.54, 1.807) is 12.1 Å². The van der Waals surface area contributed by atoms with Gasteiger partial charge < -0.3 is 5.11 Å². The van der Waals surface area contributed by atoms with Crippen LogP contribution in [0.25, 0.3) is 0 Å². The standard InChI is InChI=1S/C28H45NO3/c30-24-20-16-14-12-10-8-6-4-2-1-3-5-7-9-11-13-15-19-23-29-27(31)25-21-17-18-22-26(25)28(29)32/h17-18,21-22,30H,1-16,19-20,23-24H2. The fourth-order valence-electron chi connectivity index (χ4n) is 4.65. The Labute approximate surface area is 195 Å². The van der Waals surface area contributed by atoms with E-state index >= 15 is 0 Å². The number of imide groups is 1. The topological polar surface area (TPSA) is 57.6 Å². The van der Waals surface area contributed by atoms with Gasteiger partial charge in [-0.3, -0.25) is 14.5 Å². The summed E-state index contributed by atoms with van der Waals surface area (Å²) in [5.41, 5.74) is 1.12. The Kier molecular flexibility index (Phi) is 14.0. The molecule has 0 atom stereocenters. The smallest absolute Gasteiger partial charge is 0.261 e. The third-order valence-electron chi connectivity index (χ3n) is 6.67. The molecule has 0 fully saturated rings. The van der Waals surface area contributed by atoms with E-state index in [4.69, 9.17) is 5.11 Å². The first-order valence-electron chi connectivity index (χ1n) is 13.3. The van der Waals surface area contributed by atoms with E-state index in [9.17, 15) is 9.59 Å². The summed E-state index contributed by atoms with van der Waals surface area (Å²) in [6.45, 7) is 0.900. The Balaban J connectivity index is 1.32. The summed E-state index contributed by atoms with van der Waals surface area (Å²) in [6.07, 6.45) is 22.9. The lowest BCUT2D eigenvalue weighted by atomic mass is 10.0. The molecule has 1 aromatic carbocycles. The number of rotatable bonds is 20. The van der Waals surface area contributed by atoms with Crippen LogP contribution >= 0.6 is 0 Å². The number of nitrogens with zero attached hydrogens (tertiary/aromatic N) is 1. The Morgan fingerprint density at radius 3 is 1.16 bits per heavy atom. The van der Waals surface area contributed by atoms with Gasteiger partial charge in [0.15, 0.2) is 0 Å². The van der Waals surface area contributed by atoms with E-state index in [1.807, 2.05) is 12.1 Å². The SMILES string of the molecule is O=C1c2ccccc2C(=O)N1CCCCCCCCCCCCCCCCCCCCO. The van der Waals surface area contributed by atoms with Crippen molar-refractivity contribution in [2.75, 3.05) is 13.2 Å². The van der Waals surface area contributed by atoms with Crippen LogP contribution in [-0.2, 0) is 0 Å². The maximum Gasteiger partial charge on any atom is 0.261 e. The molecule has 0 radical (unpaired) electrons. The van der Waals surface area contributed by atoms with E-state index < -0.39 is 0 Å². The summed E-state index contributed by atoms with van der Waals surface area (Å²) in [5.74, 6) is -0.250. The molecular weight excluding hydrogens is 398 g/mol. The minimum absolute atomic E-state index is 0.125. The minimum Gasteiger partial charge on any atom is -0.396 e. The third-order valence-corrected chi connectivity index (χ3v) is 6.67. The van der Waals surface area contributed by atoms with Crippen molar-refractivity contribution in [2.24, 2.45) is 0 Å². The highest BCUT2D eigenvalue weighted by atomic mass is 16.3. The number of carbonyl (C=O) groups excluding carboxylic acids is 2. The van der Waals surface area contributed by atoms with Gasteiger partial charge in [0.05, 0.1) is 11.1 Å². The van der Waals surface area contributed by atoms with Gasteiger partial charge in [-0.05, 0) is 25.0 Å². The third kappa shape index (κ3) is 9.85. The van der Waals surface area contributed by atoms with Crippen LogP contribution in [0.3, 0.4) is 0 Å². The molecule has 4 nitrogen and oxygen atoms in total. The quantitative estimate of drug-likeness (QED) is 0.170. The summed E-state index contributed by atoms with van der Waals surface area (Å²) < 4.78 is 0. The Bertz CT molecular complexity index is 623. The van der Waals surface area contributed by atoms with Gasteiger partial charge in [-0.25, -0.2) is 0 Å². The normalized spacial score (nSPS) is 13.2. The molecule has 2 rings (SSSR count). The molecule has 0 saturated carbocycles. The van der Waals surface area contributed by atoms with Gasteiger partial charge in [0.25, 0.3) is 11.8 Å². The van der Waals surface area contributed by atoms with Crippen LogP contribution in [0.4, 0.5) is 0 Å². The molecule has 0 unspecified atom stereocenters. The zero-order chi connectivity index (χ0) is 22.9. The first-order chi connectivity index (χ1) is 15.8. The monoisotopic (exact) mass is 443 g/mol. The summed E-state index contributed by atoms with van der Waals surface area (Å²) in [7, 11) is 0. The van der Waals surface area contributed by atoms with Crippen molar-refractivity contribution in [3.05, 3.63) is 35.4 Å². The van der Waals surface area contributed by atoms with E-state index in [0.717, 1.165) is 19.3 Å². The van der Waals surface area contributed by atoms with E-state index in [-0.39, 0.29) is 11.8 Å². The number of unbranched alkanes of at least 4 members (excludes halogenated alkanes) is 17. The Morgan fingerprint density at radius 2 is 0.812 bits per heavy atom. The highest BCUT2D eigenvalue weighted by molar-refractivity contribution is 6.21. The molecule has 1 aliphatic heterocycles. The van der Waals surface area contributed by atoms with Crippen LogP contribution in [0.15, 0.2) is 24.3 Å². The van der Waals surface area contributed by atoms with Crippen molar-refractivity contribution in [1.82, 2.24) is 4.90 Å². The maximum absolute atomic E-state index is 12.3. The van der Waals surface area contributed by atoms with Gasteiger partial charge in [-0.2, -0.15) is 0 Å². The second-order valence-electron chi connectivity index (χ2n) is 9.40. The van der Waals surface area contributed by atoms with Gasteiger partial charge in [0, 0.05) is 13.2 Å². The molecule has 0 spiro atoms. The molecule has 1 aromatic rings. The molecule has 0 aliphatic carbocycles. The van der Waals surface area contributed by atoms with Gasteiger partial charge in [-0.1, -0.05) is 115 Å². The molecular formula is C28H45NO3. The number of fused-ring (bicyclic) bond motifs is 1. The lowest BCUT2D eigenvalue weighted by molar-refractivity contribution is 0.0651. The van der Waals surface area contributed by atoms with Crippen LogP contribution in [0.2, 0.25) is 0 Å². The van der Waals surface area contributed by atoms with Crippen molar-refractivity contribution in [1.29, 1.82) is 0 Å². The number of carbonyl (C=O) groups is 2. The molecule has 0 saturated heterocycles. The molecule has 4 heteroatoms. The largest absolute Gasteiger partial charge is 0.396 e. The number of aliphatic hydroxyl groups excluding tert-OH is 1. The lowest BCUT2D eigenvalue weighted by Gasteiger charge is -2.13. The van der Waals surface area contributed by atoms with Gasteiger partial charge in [0.1, 0.15) is 0 Å². The molecule has 2 amide bonds. The molecule has 1 aliphatic rings. The summed E-state index contributed by atoms with van der Waals surface area (Å²) in [5, 5.41) is 8.75. The highest BCUT2D eigenvalue weighted by Crippen LogP contribution is 2.23. The molecule has 1 N–H and O–H groups in total. The molecule has 0 bridgehead atoms. The summed E-state index contributed by atoms with van der Waals surface area (Å²) in [4.78, 5) is 26.1. The Morgan fingerprint density at radius 1 is 0.500 bits per heavy atom.